The maximum atomic E-state index is 13.3. The second-order valence-corrected chi connectivity index (χ2v) is 9.82. The SMILES string of the molecule is C.COc1ccc(C[C@@H](C(=O)O[C@H](C)[C@H](NC(=O)OC(C)(C)C)C(=O)O)N(C)C(=O)OCc2ccccc2)cc1. The van der Waals surface area contributed by atoms with Gasteiger partial charge >= 0.3 is 24.1 Å². The topological polar surface area (TPSA) is 141 Å². The minimum absolute atomic E-state index is 0. The van der Waals surface area contributed by atoms with Crippen molar-refractivity contribution in [2.75, 3.05) is 14.2 Å². The van der Waals surface area contributed by atoms with E-state index in [4.69, 9.17) is 18.9 Å². The van der Waals surface area contributed by atoms with Gasteiger partial charge in [0, 0.05) is 13.5 Å². The Morgan fingerprint density at radius 1 is 0.975 bits per heavy atom. The van der Waals surface area contributed by atoms with E-state index in [0.717, 1.165) is 10.5 Å². The van der Waals surface area contributed by atoms with E-state index in [1.807, 2.05) is 18.2 Å². The zero-order chi connectivity index (χ0) is 29.2. The van der Waals surface area contributed by atoms with Crippen LogP contribution in [0.3, 0.4) is 0 Å². The summed E-state index contributed by atoms with van der Waals surface area (Å²) in [5.74, 6) is -1.70. The van der Waals surface area contributed by atoms with Gasteiger partial charge in [-0.05, 0) is 51.0 Å². The van der Waals surface area contributed by atoms with Gasteiger partial charge in [0.15, 0.2) is 6.04 Å². The molecule has 0 aliphatic heterocycles. The Balaban J connectivity index is 0.00000800. The average molecular weight is 561 g/mol. The smallest absolute Gasteiger partial charge is 0.410 e. The highest BCUT2D eigenvalue weighted by molar-refractivity contribution is 5.84. The molecule has 0 unspecified atom stereocenters. The average Bonchev–Trinajstić information content (AvgIpc) is 2.88. The number of hydrogen-bond donors (Lipinski definition) is 2. The maximum Gasteiger partial charge on any atom is 0.410 e. The summed E-state index contributed by atoms with van der Waals surface area (Å²) < 4.78 is 21.1. The van der Waals surface area contributed by atoms with Gasteiger partial charge in [0.05, 0.1) is 7.11 Å². The van der Waals surface area contributed by atoms with Crippen molar-refractivity contribution < 1.29 is 43.2 Å². The largest absolute Gasteiger partial charge is 0.497 e. The number of methoxy groups -OCH3 is 1. The minimum Gasteiger partial charge on any atom is -0.497 e. The van der Waals surface area contributed by atoms with Crippen molar-refractivity contribution in [1.82, 2.24) is 10.2 Å². The molecule has 0 heterocycles. The first-order chi connectivity index (χ1) is 18.3. The van der Waals surface area contributed by atoms with Crippen molar-refractivity contribution in [1.29, 1.82) is 0 Å². The normalized spacial score (nSPS) is 12.9. The molecule has 0 spiro atoms. The van der Waals surface area contributed by atoms with Crippen LogP contribution in [0.4, 0.5) is 9.59 Å². The minimum atomic E-state index is -1.60. The highest BCUT2D eigenvalue weighted by atomic mass is 16.6. The summed E-state index contributed by atoms with van der Waals surface area (Å²) in [6.45, 7) is 6.20. The lowest BCUT2D eigenvalue weighted by molar-refractivity contribution is -0.158. The molecule has 0 aliphatic carbocycles. The number of carbonyl (C=O) groups excluding carboxylic acids is 3. The standard InChI is InChI=1S/C28H36N2O9.CH4/c1-18(23(24(31)32)29-26(34)39-28(2,3)4)38-25(33)22(16-19-12-14-21(36-6)15-13-19)30(5)27(35)37-17-20-10-8-7-9-11-20;/h7-15,18,22-23H,16-17H2,1-6H3,(H,29,34)(H,31,32);1H4/t18-,22+,23+;/m1./s1. The van der Waals surface area contributed by atoms with Crippen LogP contribution in [-0.2, 0) is 36.8 Å². The fraction of sp³-hybridized carbons (Fsp3) is 0.448. The van der Waals surface area contributed by atoms with E-state index < -0.39 is 47.9 Å². The van der Waals surface area contributed by atoms with Gasteiger partial charge in [0.2, 0.25) is 0 Å². The lowest BCUT2D eigenvalue weighted by Gasteiger charge is -2.29. The molecule has 2 aromatic carbocycles. The molecule has 0 bridgehead atoms. The molecule has 2 aromatic rings. The lowest BCUT2D eigenvalue weighted by atomic mass is 10.0. The van der Waals surface area contributed by atoms with Crippen LogP contribution in [-0.4, -0.2) is 72.1 Å². The second-order valence-electron chi connectivity index (χ2n) is 9.82. The Labute approximate surface area is 235 Å². The van der Waals surface area contributed by atoms with Crippen molar-refractivity contribution in [2.24, 2.45) is 0 Å². The number of alkyl carbamates (subject to hydrolysis) is 1. The van der Waals surface area contributed by atoms with E-state index in [9.17, 15) is 24.3 Å². The van der Waals surface area contributed by atoms with Crippen LogP contribution in [0.2, 0.25) is 0 Å². The van der Waals surface area contributed by atoms with Gasteiger partial charge in [0.25, 0.3) is 0 Å². The molecule has 0 fully saturated rings. The van der Waals surface area contributed by atoms with E-state index in [1.54, 1.807) is 57.2 Å². The lowest BCUT2D eigenvalue weighted by Crippen LogP contribution is -2.52. The molecule has 3 atom stereocenters. The number of hydrogen-bond acceptors (Lipinski definition) is 8. The van der Waals surface area contributed by atoms with Gasteiger partial charge < -0.3 is 29.4 Å². The van der Waals surface area contributed by atoms with E-state index >= 15 is 0 Å². The third kappa shape index (κ3) is 10.8. The molecular weight excluding hydrogens is 520 g/mol. The molecule has 11 nitrogen and oxygen atoms in total. The fourth-order valence-electron chi connectivity index (χ4n) is 3.46. The number of aliphatic carboxylic acids is 1. The van der Waals surface area contributed by atoms with Gasteiger partial charge in [-0.3, -0.25) is 4.90 Å². The van der Waals surface area contributed by atoms with Crippen LogP contribution < -0.4 is 10.1 Å². The van der Waals surface area contributed by atoms with Gasteiger partial charge in [-0.1, -0.05) is 49.9 Å². The molecular formula is C29H40N2O9. The highest BCUT2D eigenvalue weighted by Gasteiger charge is 2.35. The van der Waals surface area contributed by atoms with Crippen molar-refractivity contribution in [3.63, 3.8) is 0 Å². The Morgan fingerprint density at radius 2 is 1.57 bits per heavy atom. The third-order valence-corrected chi connectivity index (χ3v) is 5.53. The number of carboxylic acids is 1. The van der Waals surface area contributed by atoms with Crippen molar-refractivity contribution in [2.45, 2.75) is 71.9 Å². The third-order valence-electron chi connectivity index (χ3n) is 5.53. The molecule has 220 valence electrons. The zero-order valence-corrected chi connectivity index (χ0v) is 23.0. The quantitative estimate of drug-likeness (QED) is 0.302. The Hall–Kier alpha value is -4.28. The van der Waals surface area contributed by atoms with E-state index in [1.165, 1.54) is 21.1 Å². The Morgan fingerprint density at radius 3 is 2.10 bits per heavy atom. The first-order valence-electron chi connectivity index (χ1n) is 12.3. The highest BCUT2D eigenvalue weighted by Crippen LogP contribution is 2.17. The van der Waals surface area contributed by atoms with Crippen molar-refractivity contribution >= 4 is 24.1 Å². The molecule has 0 radical (unpaired) electrons. The van der Waals surface area contributed by atoms with Crippen LogP contribution in [0.5, 0.6) is 5.75 Å². The number of nitrogens with one attached hydrogen (secondary N) is 1. The fourth-order valence-corrected chi connectivity index (χ4v) is 3.46. The summed E-state index contributed by atoms with van der Waals surface area (Å²) in [7, 11) is 2.92. The maximum absolute atomic E-state index is 13.3. The summed E-state index contributed by atoms with van der Waals surface area (Å²) in [5.41, 5.74) is 0.591. The molecule has 0 saturated carbocycles. The number of nitrogens with zero attached hydrogens (tertiary/aromatic N) is 1. The first kappa shape index (κ1) is 33.7. The number of benzene rings is 2. The molecule has 2 amide bonds. The molecule has 0 aliphatic rings. The number of ether oxygens (including phenoxy) is 4. The first-order valence-corrected chi connectivity index (χ1v) is 12.3. The van der Waals surface area contributed by atoms with Crippen LogP contribution in [0, 0.1) is 0 Å². The Bertz CT molecular complexity index is 1110. The summed E-state index contributed by atoms with van der Waals surface area (Å²) in [6, 6.07) is 13.2. The monoisotopic (exact) mass is 560 g/mol. The number of esters is 1. The van der Waals surface area contributed by atoms with Crippen LogP contribution in [0.25, 0.3) is 0 Å². The van der Waals surface area contributed by atoms with Crippen molar-refractivity contribution in [3.05, 3.63) is 65.7 Å². The molecule has 0 aromatic heterocycles. The molecule has 11 heteroatoms. The van der Waals surface area contributed by atoms with Gasteiger partial charge in [-0.2, -0.15) is 0 Å². The number of likely N-dealkylation sites (N-methyl/N-ethyl adjacent to an activating group) is 1. The molecule has 2 rings (SSSR count). The van der Waals surface area contributed by atoms with E-state index in [-0.39, 0.29) is 20.5 Å². The predicted molar refractivity (Wildman–Crippen MR) is 148 cm³/mol. The number of amides is 2. The van der Waals surface area contributed by atoms with Gasteiger partial charge in [-0.25, -0.2) is 19.2 Å². The summed E-state index contributed by atoms with van der Waals surface area (Å²) in [4.78, 5) is 51.3. The van der Waals surface area contributed by atoms with Crippen LogP contribution >= 0.6 is 0 Å². The van der Waals surface area contributed by atoms with Crippen molar-refractivity contribution in [3.8, 4) is 5.75 Å². The second kappa shape index (κ2) is 15.3. The predicted octanol–water partition coefficient (Wildman–Crippen LogP) is 4.42. The zero-order valence-electron chi connectivity index (χ0n) is 23.0. The number of rotatable bonds is 11. The van der Waals surface area contributed by atoms with Crippen LogP contribution in [0.1, 0.15) is 46.2 Å². The summed E-state index contributed by atoms with van der Waals surface area (Å²) in [5, 5.41) is 11.9. The number of carbonyl (C=O) groups is 4. The van der Waals surface area contributed by atoms with E-state index in [0.29, 0.717) is 11.3 Å². The Kier molecular flexibility index (Phi) is 12.9. The van der Waals surface area contributed by atoms with Gasteiger partial charge in [0.1, 0.15) is 30.1 Å². The van der Waals surface area contributed by atoms with Crippen LogP contribution in [0.15, 0.2) is 54.6 Å². The summed E-state index contributed by atoms with van der Waals surface area (Å²) >= 11 is 0. The number of carboxylic acid groups (broad SMARTS) is 1. The molecule has 40 heavy (non-hydrogen) atoms. The summed E-state index contributed by atoms with van der Waals surface area (Å²) in [6.07, 6.45) is -3.00. The molecule has 2 N–H and O–H groups in total. The molecule has 0 saturated heterocycles. The van der Waals surface area contributed by atoms with E-state index in [2.05, 4.69) is 5.32 Å². The van der Waals surface area contributed by atoms with Gasteiger partial charge in [-0.15, -0.1) is 0 Å².